The fourth-order valence-corrected chi connectivity index (χ4v) is 2.19. The summed E-state index contributed by atoms with van der Waals surface area (Å²) in [7, 11) is 0. The maximum Gasteiger partial charge on any atom is 0.274 e. The smallest absolute Gasteiger partial charge is 0.274 e. The van der Waals surface area contributed by atoms with E-state index in [9.17, 15) is 9.70 Å². The van der Waals surface area contributed by atoms with Crippen molar-refractivity contribution in [2.45, 2.75) is 0 Å². The molecule has 1 heterocycles. The Morgan fingerprint density at radius 2 is 2.00 bits per heavy atom. The molecule has 7 nitrogen and oxygen atoms in total. The predicted octanol–water partition coefficient (Wildman–Crippen LogP) is 1.17. The van der Waals surface area contributed by atoms with E-state index in [1.54, 1.807) is 12.1 Å². The molecule has 102 valence electrons. The van der Waals surface area contributed by atoms with Gasteiger partial charge in [0.1, 0.15) is 5.69 Å². The van der Waals surface area contributed by atoms with Crippen LogP contribution in [0.4, 0.5) is 11.4 Å². The van der Waals surface area contributed by atoms with E-state index < -0.39 is 5.91 Å². The zero-order valence-electron chi connectivity index (χ0n) is 10.1. The van der Waals surface area contributed by atoms with Gasteiger partial charge >= 0.3 is 0 Å². The van der Waals surface area contributed by atoms with Crippen LogP contribution in [0, 0.1) is 4.91 Å². The van der Waals surface area contributed by atoms with Crippen molar-refractivity contribution in [2.75, 3.05) is 31.1 Å². The summed E-state index contributed by atoms with van der Waals surface area (Å²) in [5, 5.41) is 11.5. The van der Waals surface area contributed by atoms with Crippen molar-refractivity contribution in [1.82, 2.24) is 9.79 Å². The molecule has 0 unspecified atom stereocenters. The number of nitrogens with zero attached hydrogens (tertiary/aromatic N) is 3. The number of amides is 1. The molecule has 0 aliphatic carbocycles. The number of anilines is 1. The molecular weight excluding hydrogens is 268 g/mol. The normalized spacial score (nSPS) is 16.2. The third kappa shape index (κ3) is 3.03. The summed E-state index contributed by atoms with van der Waals surface area (Å²) in [5.41, 5.74) is 2.59. The molecule has 19 heavy (non-hydrogen) atoms. The molecular formula is C11H14N4O3S. The van der Waals surface area contributed by atoms with E-state index in [-0.39, 0.29) is 11.3 Å². The van der Waals surface area contributed by atoms with E-state index in [2.05, 4.69) is 18.0 Å². The zero-order valence-corrected chi connectivity index (χ0v) is 11.0. The van der Waals surface area contributed by atoms with Gasteiger partial charge in [-0.05, 0) is 23.4 Å². The van der Waals surface area contributed by atoms with Crippen LogP contribution in [0.5, 0.6) is 0 Å². The third-order valence-corrected chi connectivity index (χ3v) is 3.43. The van der Waals surface area contributed by atoms with Crippen LogP contribution in [-0.4, -0.2) is 41.6 Å². The lowest BCUT2D eigenvalue weighted by Gasteiger charge is -2.33. The van der Waals surface area contributed by atoms with E-state index in [0.29, 0.717) is 5.69 Å². The van der Waals surface area contributed by atoms with Gasteiger partial charge in [-0.3, -0.25) is 10.0 Å². The first-order valence-electron chi connectivity index (χ1n) is 5.76. The number of hydrogen-bond donors (Lipinski definition) is 3. The van der Waals surface area contributed by atoms with Crippen molar-refractivity contribution in [3.05, 3.63) is 28.7 Å². The maximum atomic E-state index is 11.3. The summed E-state index contributed by atoms with van der Waals surface area (Å²) < 4.78 is 1.90. The van der Waals surface area contributed by atoms with Crippen LogP contribution in [0.15, 0.2) is 23.4 Å². The number of hydroxylamine groups is 1. The first-order valence-corrected chi connectivity index (χ1v) is 6.16. The monoisotopic (exact) mass is 282 g/mol. The first-order chi connectivity index (χ1) is 9.15. The minimum atomic E-state index is -0.670. The Morgan fingerprint density at radius 1 is 1.32 bits per heavy atom. The average molecular weight is 282 g/mol. The number of nitrogens with one attached hydrogen (secondary N) is 1. The number of nitroso groups, excluding NO2 is 1. The summed E-state index contributed by atoms with van der Waals surface area (Å²) in [5.74, 6) is -0.670. The number of rotatable bonds is 3. The van der Waals surface area contributed by atoms with Crippen LogP contribution in [-0.2, 0) is 0 Å². The van der Waals surface area contributed by atoms with Gasteiger partial charge in [0.15, 0.2) is 0 Å². The van der Waals surface area contributed by atoms with Gasteiger partial charge in [0.2, 0.25) is 0 Å². The van der Waals surface area contributed by atoms with Crippen molar-refractivity contribution in [3.8, 4) is 0 Å². The molecule has 1 aliphatic rings. The van der Waals surface area contributed by atoms with Gasteiger partial charge in [0, 0.05) is 31.7 Å². The molecule has 0 aromatic heterocycles. The minimum Gasteiger partial charge on any atom is -0.367 e. The van der Waals surface area contributed by atoms with Gasteiger partial charge in [-0.25, -0.2) is 9.79 Å². The highest BCUT2D eigenvalue weighted by Crippen LogP contribution is 2.30. The van der Waals surface area contributed by atoms with Crippen LogP contribution < -0.4 is 10.4 Å². The predicted molar refractivity (Wildman–Crippen MR) is 73.9 cm³/mol. The van der Waals surface area contributed by atoms with Gasteiger partial charge in [0.05, 0.1) is 5.69 Å². The van der Waals surface area contributed by atoms with Crippen molar-refractivity contribution in [2.24, 2.45) is 5.18 Å². The molecule has 0 saturated carbocycles. The SMILES string of the molecule is O=Nc1cc(C(=O)NO)ccc1N1CCN(S)CC1. The lowest BCUT2D eigenvalue weighted by molar-refractivity contribution is 0.0706. The molecule has 0 radical (unpaired) electrons. The Balaban J connectivity index is 2.26. The molecule has 0 bridgehead atoms. The largest absolute Gasteiger partial charge is 0.367 e. The molecule has 2 N–H and O–H groups in total. The van der Waals surface area contributed by atoms with E-state index in [0.717, 1.165) is 26.2 Å². The van der Waals surface area contributed by atoms with Crippen molar-refractivity contribution in [3.63, 3.8) is 0 Å². The topological polar surface area (TPSA) is 85.2 Å². The molecule has 1 fully saturated rings. The lowest BCUT2D eigenvalue weighted by Crippen LogP contribution is -2.42. The number of thiol groups is 1. The van der Waals surface area contributed by atoms with Gasteiger partial charge in [-0.2, -0.15) is 0 Å². The Labute approximate surface area is 115 Å². The number of carbonyl (C=O) groups is 1. The Bertz CT molecular complexity index is 489. The highest BCUT2D eigenvalue weighted by molar-refractivity contribution is 7.77. The Hall–Kier alpha value is -1.64. The lowest BCUT2D eigenvalue weighted by atomic mass is 10.1. The summed E-state index contributed by atoms with van der Waals surface area (Å²) in [6.07, 6.45) is 0. The van der Waals surface area contributed by atoms with Crippen molar-refractivity contribution < 1.29 is 10.0 Å². The molecule has 0 spiro atoms. The molecule has 0 atom stereocenters. The fourth-order valence-electron chi connectivity index (χ4n) is 2.01. The number of benzene rings is 1. The van der Waals surface area contributed by atoms with Crippen LogP contribution in [0.1, 0.15) is 10.4 Å². The molecule has 1 amide bonds. The van der Waals surface area contributed by atoms with E-state index in [1.165, 1.54) is 11.5 Å². The molecule has 8 heteroatoms. The molecule has 2 rings (SSSR count). The molecule has 1 aromatic rings. The standard InChI is InChI=1S/C11H14N4O3S/c16-11(13-18)8-1-2-10(9(7-8)12-17)14-3-5-15(19)6-4-14/h1-2,7,18-19H,3-6H2,(H,13,16). The quantitative estimate of drug-likeness (QED) is 0.335. The molecule has 1 saturated heterocycles. The fraction of sp³-hybridized carbons (Fsp3) is 0.364. The highest BCUT2D eigenvalue weighted by atomic mass is 32.1. The van der Waals surface area contributed by atoms with Crippen LogP contribution in [0.2, 0.25) is 0 Å². The average Bonchev–Trinajstić information content (AvgIpc) is 2.46. The first kappa shape index (κ1) is 13.8. The summed E-state index contributed by atoms with van der Waals surface area (Å²) in [6.45, 7) is 3.02. The second kappa shape index (κ2) is 6.00. The number of piperazine rings is 1. The Kier molecular flexibility index (Phi) is 4.35. The maximum absolute atomic E-state index is 11.3. The molecule has 1 aliphatic heterocycles. The molecule has 1 aromatic carbocycles. The van der Waals surface area contributed by atoms with Crippen molar-refractivity contribution >= 4 is 30.1 Å². The second-order valence-corrected chi connectivity index (χ2v) is 4.74. The van der Waals surface area contributed by atoms with Crippen LogP contribution in [0.3, 0.4) is 0 Å². The number of carbonyl (C=O) groups excluding carboxylic acids is 1. The van der Waals surface area contributed by atoms with Gasteiger partial charge < -0.3 is 4.90 Å². The summed E-state index contributed by atoms with van der Waals surface area (Å²) in [6, 6.07) is 4.57. The number of hydrogen-bond acceptors (Lipinski definition) is 7. The van der Waals surface area contributed by atoms with E-state index in [1.807, 2.05) is 9.21 Å². The van der Waals surface area contributed by atoms with Crippen LogP contribution in [0.25, 0.3) is 0 Å². The zero-order chi connectivity index (χ0) is 13.8. The van der Waals surface area contributed by atoms with Gasteiger partial charge in [-0.1, -0.05) is 12.8 Å². The highest BCUT2D eigenvalue weighted by Gasteiger charge is 2.19. The Morgan fingerprint density at radius 3 is 2.58 bits per heavy atom. The van der Waals surface area contributed by atoms with Crippen molar-refractivity contribution in [1.29, 1.82) is 0 Å². The summed E-state index contributed by atoms with van der Waals surface area (Å²) in [4.78, 5) is 24.2. The summed E-state index contributed by atoms with van der Waals surface area (Å²) >= 11 is 4.26. The van der Waals surface area contributed by atoms with Gasteiger partial charge in [0.25, 0.3) is 5.91 Å². The van der Waals surface area contributed by atoms with E-state index in [4.69, 9.17) is 5.21 Å². The third-order valence-electron chi connectivity index (χ3n) is 3.03. The van der Waals surface area contributed by atoms with E-state index >= 15 is 0 Å². The van der Waals surface area contributed by atoms with Gasteiger partial charge in [-0.15, -0.1) is 4.91 Å². The van der Waals surface area contributed by atoms with Crippen LogP contribution >= 0.6 is 12.8 Å². The second-order valence-electron chi connectivity index (χ2n) is 4.18. The minimum absolute atomic E-state index is 0.189.